The number of ether oxygens (including phenoxy) is 1. The van der Waals surface area contributed by atoms with Crippen LogP contribution in [-0.2, 0) is 27.4 Å². The Kier molecular flexibility index (Phi) is 5.57. The lowest BCUT2D eigenvalue weighted by Crippen LogP contribution is -2.24. The van der Waals surface area contributed by atoms with E-state index in [9.17, 15) is 13.2 Å². The largest absolute Gasteiger partial charge is 0.495 e. The number of para-hydroxylation sites is 2. The van der Waals surface area contributed by atoms with E-state index in [1.54, 1.807) is 53.8 Å². The summed E-state index contributed by atoms with van der Waals surface area (Å²) in [5.41, 5.74) is 1.65. The Labute approximate surface area is 160 Å². The fraction of sp³-hybridized carbons (Fsp3) is 0.235. The Morgan fingerprint density at radius 3 is 2.81 bits per heavy atom. The number of carbonyl (C=O) groups is 1. The lowest BCUT2D eigenvalue weighted by molar-refractivity contribution is -0.113. The molecule has 0 bridgehead atoms. The van der Waals surface area contributed by atoms with Crippen molar-refractivity contribution in [2.45, 2.75) is 5.75 Å². The number of thiazole rings is 1. The Morgan fingerprint density at radius 1 is 1.33 bits per heavy atom. The second-order valence-electron chi connectivity index (χ2n) is 5.83. The van der Waals surface area contributed by atoms with E-state index in [1.807, 2.05) is 0 Å². The van der Waals surface area contributed by atoms with Crippen LogP contribution in [0.5, 0.6) is 5.75 Å². The van der Waals surface area contributed by atoms with Crippen molar-refractivity contribution in [2.75, 3.05) is 18.2 Å². The standard InChI is InChI=1S/C17H18N4O4S2/c1-21-8-12(7-18-21)17-19-13(9-26-17)10-27(23,24)11-16(22)20-14-5-3-4-6-15(14)25-2/h3-9H,10-11H2,1-2H3,(H,20,22). The summed E-state index contributed by atoms with van der Waals surface area (Å²) in [5, 5.41) is 9.00. The molecule has 0 saturated carbocycles. The third kappa shape index (κ3) is 4.92. The summed E-state index contributed by atoms with van der Waals surface area (Å²) in [6.07, 6.45) is 3.47. The molecule has 3 rings (SSSR count). The molecule has 0 aliphatic rings. The highest BCUT2D eigenvalue weighted by Gasteiger charge is 2.20. The number of sulfone groups is 1. The van der Waals surface area contributed by atoms with Crippen molar-refractivity contribution in [3.05, 3.63) is 47.7 Å². The van der Waals surface area contributed by atoms with Gasteiger partial charge < -0.3 is 10.1 Å². The van der Waals surface area contributed by atoms with Crippen molar-refractivity contribution >= 4 is 32.8 Å². The molecule has 0 fully saturated rings. The maximum absolute atomic E-state index is 12.4. The first-order chi connectivity index (χ1) is 12.9. The zero-order valence-electron chi connectivity index (χ0n) is 14.7. The van der Waals surface area contributed by atoms with Crippen molar-refractivity contribution in [1.82, 2.24) is 14.8 Å². The quantitative estimate of drug-likeness (QED) is 0.645. The molecule has 2 aromatic heterocycles. The zero-order valence-corrected chi connectivity index (χ0v) is 16.4. The number of methoxy groups -OCH3 is 1. The summed E-state index contributed by atoms with van der Waals surface area (Å²) in [4.78, 5) is 16.5. The Bertz CT molecular complexity index is 1060. The van der Waals surface area contributed by atoms with Crippen molar-refractivity contribution in [2.24, 2.45) is 7.05 Å². The van der Waals surface area contributed by atoms with Gasteiger partial charge in [-0.05, 0) is 12.1 Å². The molecule has 27 heavy (non-hydrogen) atoms. The molecular formula is C17H18N4O4S2. The molecule has 1 N–H and O–H groups in total. The molecule has 3 aromatic rings. The summed E-state index contributed by atoms with van der Waals surface area (Å²) >= 11 is 1.34. The second-order valence-corrected chi connectivity index (χ2v) is 8.75. The first kappa shape index (κ1) is 19.1. The number of hydrogen-bond donors (Lipinski definition) is 1. The predicted molar refractivity (Wildman–Crippen MR) is 103 cm³/mol. The van der Waals surface area contributed by atoms with E-state index in [2.05, 4.69) is 15.4 Å². The minimum atomic E-state index is -3.67. The molecule has 2 heterocycles. The van der Waals surface area contributed by atoms with Crippen LogP contribution < -0.4 is 10.1 Å². The van der Waals surface area contributed by atoms with Crippen LogP contribution >= 0.6 is 11.3 Å². The fourth-order valence-electron chi connectivity index (χ4n) is 2.45. The number of rotatable bonds is 7. The Hall–Kier alpha value is -2.72. The zero-order chi connectivity index (χ0) is 19.4. The van der Waals surface area contributed by atoms with Crippen LogP contribution in [-0.4, -0.2) is 42.0 Å². The van der Waals surface area contributed by atoms with Gasteiger partial charge in [0.1, 0.15) is 16.5 Å². The fourth-order valence-corrected chi connectivity index (χ4v) is 4.52. The summed E-state index contributed by atoms with van der Waals surface area (Å²) in [5.74, 6) is -1.10. The van der Waals surface area contributed by atoms with Crippen LogP contribution in [0.25, 0.3) is 10.6 Å². The number of hydrogen-bond acceptors (Lipinski definition) is 7. The number of nitrogens with one attached hydrogen (secondary N) is 1. The number of anilines is 1. The number of aromatic nitrogens is 3. The maximum Gasteiger partial charge on any atom is 0.239 e. The first-order valence-electron chi connectivity index (χ1n) is 7.93. The second kappa shape index (κ2) is 7.89. The molecule has 0 spiro atoms. The minimum absolute atomic E-state index is 0.302. The molecule has 8 nitrogen and oxygen atoms in total. The number of aryl methyl sites for hydroxylation is 1. The lowest BCUT2D eigenvalue weighted by atomic mass is 10.3. The van der Waals surface area contributed by atoms with Crippen LogP contribution in [0.1, 0.15) is 5.69 Å². The van der Waals surface area contributed by atoms with Gasteiger partial charge in [0.15, 0.2) is 9.84 Å². The van der Waals surface area contributed by atoms with Gasteiger partial charge in [0.25, 0.3) is 0 Å². The van der Waals surface area contributed by atoms with E-state index in [0.29, 0.717) is 22.1 Å². The molecule has 0 atom stereocenters. The molecule has 10 heteroatoms. The third-order valence-corrected chi connectivity index (χ3v) is 5.98. The molecule has 1 aromatic carbocycles. The van der Waals surface area contributed by atoms with E-state index in [-0.39, 0.29) is 5.75 Å². The third-order valence-electron chi connectivity index (χ3n) is 3.60. The van der Waals surface area contributed by atoms with Crippen LogP contribution in [0.15, 0.2) is 42.0 Å². The van der Waals surface area contributed by atoms with Gasteiger partial charge >= 0.3 is 0 Å². The molecule has 0 radical (unpaired) electrons. The smallest absolute Gasteiger partial charge is 0.239 e. The van der Waals surface area contributed by atoms with E-state index in [4.69, 9.17) is 4.74 Å². The van der Waals surface area contributed by atoms with Crippen LogP contribution in [0.2, 0.25) is 0 Å². The van der Waals surface area contributed by atoms with E-state index >= 15 is 0 Å². The van der Waals surface area contributed by atoms with Crippen molar-refractivity contribution < 1.29 is 17.9 Å². The van der Waals surface area contributed by atoms with Gasteiger partial charge in [-0.1, -0.05) is 12.1 Å². The van der Waals surface area contributed by atoms with Gasteiger partial charge in [0, 0.05) is 24.2 Å². The lowest BCUT2D eigenvalue weighted by Gasteiger charge is -2.09. The number of amides is 1. The average Bonchev–Trinajstić information content (AvgIpc) is 3.23. The van der Waals surface area contributed by atoms with E-state index in [0.717, 1.165) is 5.56 Å². The van der Waals surface area contributed by atoms with Crippen molar-refractivity contribution in [1.29, 1.82) is 0 Å². The molecule has 1 amide bonds. The van der Waals surface area contributed by atoms with Gasteiger partial charge in [0.05, 0.1) is 30.4 Å². The highest BCUT2D eigenvalue weighted by Crippen LogP contribution is 2.25. The molecular weight excluding hydrogens is 388 g/mol. The van der Waals surface area contributed by atoms with Crippen LogP contribution in [0.3, 0.4) is 0 Å². The molecule has 0 aliphatic heterocycles. The summed E-state index contributed by atoms with van der Waals surface area (Å²) in [6, 6.07) is 6.80. The number of benzene rings is 1. The van der Waals surface area contributed by atoms with Crippen molar-refractivity contribution in [3.8, 4) is 16.3 Å². The Balaban J connectivity index is 1.65. The van der Waals surface area contributed by atoms with Crippen molar-refractivity contribution in [3.63, 3.8) is 0 Å². The summed E-state index contributed by atoms with van der Waals surface area (Å²) < 4.78 is 31.5. The highest BCUT2D eigenvalue weighted by molar-refractivity contribution is 7.91. The number of nitrogens with zero attached hydrogens (tertiary/aromatic N) is 3. The Morgan fingerprint density at radius 2 is 2.11 bits per heavy atom. The predicted octanol–water partition coefficient (Wildman–Crippen LogP) is 2.11. The van der Waals surface area contributed by atoms with Gasteiger partial charge in [-0.15, -0.1) is 11.3 Å². The van der Waals surface area contributed by atoms with Gasteiger partial charge in [-0.3, -0.25) is 9.48 Å². The molecule has 142 valence electrons. The van der Waals surface area contributed by atoms with Crippen LogP contribution in [0, 0.1) is 0 Å². The minimum Gasteiger partial charge on any atom is -0.495 e. The summed E-state index contributed by atoms with van der Waals surface area (Å²) in [7, 11) is -0.396. The van der Waals surface area contributed by atoms with E-state index < -0.39 is 21.5 Å². The molecule has 0 unspecified atom stereocenters. The average molecular weight is 406 g/mol. The molecule has 0 aliphatic carbocycles. The van der Waals surface area contributed by atoms with Gasteiger partial charge in [-0.25, -0.2) is 13.4 Å². The highest BCUT2D eigenvalue weighted by atomic mass is 32.2. The normalized spacial score (nSPS) is 11.3. The monoisotopic (exact) mass is 406 g/mol. The SMILES string of the molecule is COc1ccccc1NC(=O)CS(=O)(=O)Cc1csc(-c2cnn(C)c2)n1. The van der Waals surface area contributed by atoms with Crippen LogP contribution in [0.4, 0.5) is 5.69 Å². The first-order valence-corrected chi connectivity index (χ1v) is 10.6. The van der Waals surface area contributed by atoms with Gasteiger partial charge in [0.2, 0.25) is 5.91 Å². The number of carbonyl (C=O) groups excluding carboxylic acids is 1. The molecule has 0 saturated heterocycles. The van der Waals surface area contributed by atoms with Gasteiger partial charge in [-0.2, -0.15) is 5.10 Å². The van der Waals surface area contributed by atoms with E-state index in [1.165, 1.54) is 18.4 Å². The topological polar surface area (TPSA) is 103 Å². The summed E-state index contributed by atoms with van der Waals surface area (Å²) in [6.45, 7) is 0. The maximum atomic E-state index is 12.4.